The van der Waals surface area contributed by atoms with Crippen molar-refractivity contribution >= 4 is 17.4 Å². The topological polar surface area (TPSA) is 68.9 Å². The Morgan fingerprint density at radius 1 is 1.03 bits per heavy atom. The molecule has 5 nitrogen and oxygen atoms in total. The molecule has 3 aromatic carbocycles. The number of ether oxygens (including phenoxy) is 2. The van der Waals surface area contributed by atoms with E-state index in [0.29, 0.717) is 11.3 Å². The van der Waals surface area contributed by atoms with Gasteiger partial charge in [-0.1, -0.05) is 24.3 Å². The minimum Gasteiger partial charge on any atom is -0.496 e. The first-order chi connectivity index (χ1) is 14.0. The Hall–Kier alpha value is -3.54. The van der Waals surface area contributed by atoms with Crippen molar-refractivity contribution in [2.75, 3.05) is 19.0 Å². The Morgan fingerprint density at radius 3 is 2.48 bits per heavy atom. The molecular weight excluding hydrogens is 369 g/mol. The summed E-state index contributed by atoms with van der Waals surface area (Å²) in [5, 5.41) is 3.24. The lowest BCUT2D eigenvalue weighted by atomic mass is 9.83. The summed E-state index contributed by atoms with van der Waals surface area (Å²) >= 11 is 0. The van der Waals surface area contributed by atoms with E-state index in [0.717, 1.165) is 22.6 Å². The number of aliphatic imine (C=N–C) groups is 1. The number of benzene rings is 3. The van der Waals surface area contributed by atoms with Gasteiger partial charge in [-0.3, -0.25) is 0 Å². The lowest BCUT2D eigenvalue weighted by molar-refractivity contribution is 0.278. The van der Waals surface area contributed by atoms with Gasteiger partial charge in [0.25, 0.3) is 6.02 Å². The van der Waals surface area contributed by atoms with Crippen molar-refractivity contribution in [3.63, 3.8) is 0 Å². The van der Waals surface area contributed by atoms with Crippen LogP contribution in [0.2, 0.25) is 0 Å². The molecule has 0 aromatic heterocycles. The highest BCUT2D eigenvalue weighted by molar-refractivity contribution is 5.75. The molecule has 0 amide bonds. The molecule has 0 unspecified atom stereocenters. The minimum absolute atomic E-state index is 0.0836. The summed E-state index contributed by atoms with van der Waals surface area (Å²) in [5.74, 6) is 0.400. The molecular formula is C23H22FN3O2. The van der Waals surface area contributed by atoms with Crippen molar-refractivity contribution < 1.29 is 13.9 Å². The van der Waals surface area contributed by atoms with E-state index in [2.05, 4.69) is 10.3 Å². The quantitative estimate of drug-likeness (QED) is 0.673. The number of halogens is 1. The fourth-order valence-corrected chi connectivity index (χ4v) is 3.62. The molecule has 148 valence electrons. The molecule has 29 heavy (non-hydrogen) atoms. The van der Waals surface area contributed by atoms with Gasteiger partial charge >= 0.3 is 0 Å². The van der Waals surface area contributed by atoms with E-state index in [4.69, 9.17) is 15.2 Å². The van der Waals surface area contributed by atoms with Crippen LogP contribution >= 0.6 is 0 Å². The van der Waals surface area contributed by atoms with Crippen LogP contribution in [0.5, 0.6) is 5.75 Å². The molecule has 0 saturated carbocycles. The summed E-state index contributed by atoms with van der Waals surface area (Å²) in [7, 11) is 1.63. The number of nitrogens with one attached hydrogen (secondary N) is 1. The maximum atomic E-state index is 14.6. The number of hydrogen-bond acceptors (Lipinski definition) is 5. The Kier molecular flexibility index (Phi) is 4.84. The SMILES string of the molecule is COc1ccc([C@]2(c3cc(F)cc(Nc4ccccc4)c3)COC(N)=N2)cc1C. The third-order valence-corrected chi connectivity index (χ3v) is 5.04. The highest BCUT2D eigenvalue weighted by atomic mass is 19.1. The number of anilines is 2. The molecule has 0 bridgehead atoms. The lowest BCUT2D eigenvalue weighted by Gasteiger charge is -2.27. The lowest BCUT2D eigenvalue weighted by Crippen LogP contribution is -2.27. The molecule has 0 aliphatic carbocycles. The van der Waals surface area contributed by atoms with Gasteiger partial charge in [0.1, 0.15) is 18.2 Å². The number of hydrogen-bond donors (Lipinski definition) is 2. The molecule has 4 rings (SSSR count). The normalized spacial score (nSPS) is 18.1. The van der Waals surface area contributed by atoms with E-state index in [9.17, 15) is 4.39 Å². The molecule has 1 aliphatic rings. The van der Waals surface area contributed by atoms with Gasteiger partial charge < -0.3 is 20.5 Å². The highest BCUT2D eigenvalue weighted by Gasteiger charge is 2.41. The fraction of sp³-hybridized carbons (Fsp3) is 0.174. The van der Waals surface area contributed by atoms with E-state index in [-0.39, 0.29) is 18.4 Å². The summed E-state index contributed by atoms with van der Waals surface area (Å²) in [6, 6.07) is 20.2. The monoisotopic (exact) mass is 391 g/mol. The first-order valence-corrected chi connectivity index (χ1v) is 9.26. The van der Waals surface area contributed by atoms with Crippen molar-refractivity contribution in [1.29, 1.82) is 0 Å². The highest BCUT2D eigenvalue weighted by Crippen LogP contribution is 2.40. The van der Waals surface area contributed by atoms with Gasteiger partial charge in [-0.05, 0) is 66.1 Å². The average molecular weight is 391 g/mol. The van der Waals surface area contributed by atoms with Gasteiger partial charge in [-0.15, -0.1) is 0 Å². The molecule has 3 N–H and O–H groups in total. The Labute approximate surface area is 169 Å². The zero-order chi connectivity index (χ0) is 20.4. The van der Waals surface area contributed by atoms with Crippen LogP contribution in [0.25, 0.3) is 0 Å². The van der Waals surface area contributed by atoms with Crippen molar-refractivity contribution in [3.8, 4) is 5.75 Å². The maximum absolute atomic E-state index is 14.6. The molecule has 0 spiro atoms. The third-order valence-electron chi connectivity index (χ3n) is 5.04. The summed E-state index contributed by atoms with van der Waals surface area (Å²) < 4.78 is 25.5. The second kappa shape index (κ2) is 7.47. The van der Waals surface area contributed by atoms with Crippen LogP contribution in [0.4, 0.5) is 15.8 Å². The van der Waals surface area contributed by atoms with Gasteiger partial charge in [-0.25, -0.2) is 9.38 Å². The molecule has 0 saturated heterocycles. The first kappa shape index (κ1) is 18.8. The minimum atomic E-state index is -0.934. The number of rotatable bonds is 5. The molecule has 0 fully saturated rings. The van der Waals surface area contributed by atoms with Gasteiger partial charge in [0.05, 0.1) is 7.11 Å². The maximum Gasteiger partial charge on any atom is 0.283 e. The molecule has 0 radical (unpaired) electrons. The van der Waals surface area contributed by atoms with Crippen LogP contribution in [-0.4, -0.2) is 19.7 Å². The average Bonchev–Trinajstić information content (AvgIpc) is 3.11. The van der Waals surface area contributed by atoms with Crippen LogP contribution in [0.3, 0.4) is 0 Å². The van der Waals surface area contributed by atoms with Crippen molar-refractivity contribution in [3.05, 3.63) is 89.2 Å². The summed E-state index contributed by atoms with van der Waals surface area (Å²) in [4.78, 5) is 4.58. The zero-order valence-electron chi connectivity index (χ0n) is 16.3. The van der Waals surface area contributed by atoms with Crippen molar-refractivity contribution in [2.24, 2.45) is 10.7 Å². The Balaban J connectivity index is 1.81. The fourth-order valence-electron chi connectivity index (χ4n) is 3.62. The number of methoxy groups -OCH3 is 1. The van der Waals surface area contributed by atoms with Crippen LogP contribution in [-0.2, 0) is 10.3 Å². The summed E-state index contributed by atoms with van der Waals surface area (Å²) in [6.45, 7) is 2.14. The number of aryl methyl sites for hydroxylation is 1. The molecule has 1 atom stereocenters. The van der Waals surface area contributed by atoms with E-state index in [1.165, 1.54) is 12.1 Å². The van der Waals surface area contributed by atoms with Gasteiger partial charge in [-0.2, -0.15) is 0 Å². The number of para-hydroxylation sites is 1. The number of amidine groups is 1. The van der Waals surface area contributed by atoms with E-state index in [1.807, 2.05) is 61.5 Å². The molecule has 1 heterocycles. The summed E-state index contributed by atoms with van der Waals surface area (Å²) in [5.41, 5.74) is 8.88. The second-order valence-electron chi connectivity index (χ2n) is 7.00. The molecule has 1 aliphatic heterocycles. The summed E-state index contributed by atoms with van der Waals surface area (Å²) in [6.07, 6.45) is 0. The van der Waals surface area contributed by atoms with Crippen LogP contribution in [0.1, 0.15) is 16.7 Å². The number of nitrogens with zero attached hydrogens (tertiary/aromatic N) is 1. The largest absolute Gasteiger partial charge is 0.496 e. The van der Waals surface area contributed by atoms with E-state index >= 15 is 0 Å². The van der Waals surface area contributed by atoms with Crippen LogP contribution < -0.4 is 15.8 Å². The first-order valence-electron chi connectivity index (χ1n) is 9.26. The van der Waals surface area contributed by atoms with Crippen molar-refractivity contribution in [1.82, 2.24) is 0 Å². The van der Waals surface area contributed by atoms with Gasteiger partial charge in [0.15, 0.2) is 5.54 Å². The van der Waals surface area contributed by atoms with Crippen LogP contribution in [0.15, 0.2) is 71.7 Å². The Bertz CT molecular complexity index is 1070. The molecule has 3 aromatic rings. The number of nitrogens with two attached hydrogens (primary N) is 1. The third kappa shape index (κ3) is 3.61. The molecule has 6 heteroatoms. The standard InChI is InChI=1S/C23H22FN3O2/c1-15-10-16(8-9-21(15)28-2)23(14-29-22(25)27-23)17-11-18(24)13-20(12-17)26-19-6-4-3-5-7-19/h3-13,26H,14H2,1-2H3,(H2,25,27)/t23-/m0/s1. The van der Waals surface area contributed by atoms with Gasteiger partial charge in [0, 0.05) is 11.4 Å². The predicted molar refractivity (Wildman–Crippen MR) is 112 cm³/mol. The Morgan fingerprint density at radius 2 is 1.83 bits per heavy atom. The van der Waals surface area contributed by atoms with Crippen LogP contribution in [0, 0.1) is 12.7 Å². The van der Waals surface area contributed by atoms with Gasteiger partial charge in [0.2, 0.25) is 0 Å². The predicted octanol–water partition coefficient (Wildman–Crippen LogP) is 4.47. The van der Waals surface area contributed by atoms with Crippen molar-refractivity contribution in [2.45, 2.75) is 12.5 Å². The van der Waals surface area contributed by atoms with E-state index < -0.39 is 5.54 Å². The second-order valence-corrected chi connectivity index (χ2v) is 7.00. The van der Waals surface area contributed by atoms with E-state index in [1.54, 1.807) is 7.11 Å². The smallest absolute Gasteiger partial charge is 0.283 e. The zero-order valence-corrected chi connectivity index (χ0v) is 16.3.